The molecular weight excluding hydrogens is 221 g/mol. The number of aromatic nitrogens is 1. The predicted octanol–water partition coefficient (Wildman–Crippen LogP) is 2.09. The Balaban J connectivity index is 3.05. The Morgan fingerprint density at radius 3 is 2.57 bits per heavy atom. The number of pyridine rings is 1. The standard InChI is InChI=1S/C7H6ClF3N2O/c8-5-3-13-2-4(1-12)6(5)14-7(9,10)11/h2-3H,1,12H2. The highest BCUT2D eigenvalue weighted by Gasteiger charge is 2.33. The van der Waals surface area contributed by atoms with Gasteiger partial charge in [-0.1, -0.05) is 11.6 Å². The van der Waals surface area contributed by atoms with Crippen LogP contribution in [0.1, 0.15) is 5.56 Å². The van der Waals surface area contributed by atoms with E-state index >= 15 is 0 Å². The summed E-state index contributed by atoms with van der Waals surface area (Å²) in [6.45, 7) is -0.126. The van der Waals surface area contributed by atoms with Gasteiger partial charge in [-0.05, 0) is 0 Å². The van der Waals surface area contributed by atoms with Crippen LogP contribution in [0.25, 0.3) is 0 Å². The lowest BCUT2D eigenvalue weighted by molar-refractivity contribution is -0.274. The molecule has 3 nitrogen and oxygen atoms in total. The molecule has 0 bridgehead atoms. The highest BCUT2D eigenvalue weighted by atomic mass is 35.5. The molecule has 0 amide bonds. The molecule has 0 atom stereocenters. The third kappa shape index (κ3) is 2.74. The zero-order valence-corrected chi connectivity index (χ0v) is 7.56. The van der Waals surface area contributed by atoms with E-state index in [1.54, 1.807) is 0 Å². The first-order valence-corrected chi connectivity index (χ1v) is 3.90. The summed E-state index contributed by atoms with van der Waals surface area (Å²) in [6.07, 6.45) is -2.55. The van der Waals surface area contributed by atoms with E-state index < -0.39 is 12.1 Å². The summed E-state index contributed by atoms with van der Waals surface area (Å²) in [5.74, 6) is -0.489. The average molecular weight is 227 g/mol. The molecule has 0 saturated heterocycles. The van der Waals surface area contributed by atoms with Crippen molar-refractivity contribution in [3.05, 3.63) is 23.0 Å². The van der Waals surface area contributed by atoms with Crippen LogP contribution in [0, 0.1) is 0 Å². The summed E-state index contributed by atoms with van der Waals surface area (Å²) in [7, 11) is 0. The summed E-state index contributed by atoms with van der Waals surface area (Å²) in [5.41, 5.74) is 5.30. The van der Waals surface area contributed by atoms with Crippen molar-refractivity contribution in [3.63, 3.8) is 0 Å². The second-order valence-electron chi connectivity index (χ2n) is 2.36. The van der Waals surface area contributed by atoms with Crippen LogP contribution >= 0.6 is 11.6 Å². The van der Waals surface area contributed by atoms with Crippen LogP contribution in [-0.4, -0.2) is 11.3 Å². The predicted molar refractivity (Wildman–Crippen MR) is 43.8 cm³/mol. The van der Waals surface area contributed by atoms with Gasteiger partial charge in [0.05, 0.1) is 0 Å². The van der Waals surface area contributed by atoms with Gasteiger partial charge in [0.15, 0.2) is 5.75 Å². The molecule has 78 valence electrons. The van der Waals surface area contributed by atoms with E-state index in [2.05, 4.69) is 9.72 Å². The Kier molecular flexibility index (Phi) is 3.17. The zero-order valence-electron chi connectivity index (χ0n) is 6.81. The normalized spacial score (nSPS) is 11.5. The molecule has 0 aliphatic rings. The fraction of sp³-hybridized carbons (Fsp3) is 0.286. The number of alkyl halides is 3. The van der Waals surface area contributed by atoms with Crippen LogP contribution in [0.4, 0.5) is 13.2 Å². The van der Waals surface area contributed by atoms with Crippen LogP contribution in [0.2, 0.25) is 5.02 Å². The summed E-state index contributed by atoms with van der Waals surface area (Å²) in [6, 6.07) is 0. The number of hydrogen-bond donors (Lipinski definition) is 1. The SMILES string of the molecule is NCc1cncc(Cl)c1OC(F)(F)F. The maximum atomic E-state index is 11.9. The van der Waals surface area contributed by atoms with Gasteiger partial charge in [-0.3, -0.25) is 4.98 Å². The molecule has 1 heterocycles. The first-order chi connectivity index (χ1) is 6.44. The van der Waals surface area contributed by atoms with Gasteiger partial charge in [0.25, 0.3) is 0 Å². The second kappa shape index (κ2) is 4.02. The summed E-state index contributed by atoms with van der Waals surface area (Å²) in [4.78, 5) is 3.59. The fourth-order valence-corrected chi connectivity index (χ4v) is 1.06. The molecule has 2 N–H and O–H groups in total. The molecule has 0 unspecified atom stereocenters. The van der Waals surface area contributed by atoms with E-state index in [4.69, 9.17) is 17.3 Å². The number of ether oxygens (including phenoxy) is 1. The second-order valence-corrected chi connectivity index (χ2v) is 2.77. The van der Waals surface area contributed by atoms with Crippen LogP contribution < -0.4 is 10.5 Å². The Morgan fingerprint density at radius 2 is 2.07 bits per heavy atom. The van der Waals surface area contributed by atoms with E-state index in [9.17, 15) is 13.2 Å². The van der Waals surface area contributed by atoms with Gasteiger partial charge in [0, 0.05) is 24.5 Å². The molecular formula is C7H6ClF3N2O. The third-order valence-electron chi connectivity index (χ3n) is 1.36. The van der Waals surface area contributed by atoms with Crippen molar-refractivity contribution in [2.75, 3.05) is 0 Å². The van der Waals surface area contributed by atoms with Crippen molar-refractivity contribution in [2.45, 2.75) is 12.9 Å². The van der Waals surface area contributed by atoms with E-state index in [1.165, 1.54) is 6.20 Å². The Bertz CT molecular complexity index is 329. The highest BCUT2D eigenvalue weighted by molar-refractivity contribution is 6.32. The topological polar surface area (TPSA) is 48.1 Å². The molecule has 7 heteroatoms. The number of rotatable bonds is 2. The quantitative estimate of drug-likeness (QED) is 0.840. The fourth-order valence-electron chi connectivity index (χ4n) is 0.839. The van der Waals surface area contributed by atoms with E-state index in [0.29, 0.717) is 0 Å². The van der Waals surface area contributed by atoms with E-state index in [0.717, 1.165) is 6.20 Å². The minimum absolute atomic E-state index is 0.106. The van der Waals surface area contributed by atoms with Crippen LogP contribution in [0.15, 0.2) is 12.4 Å². The van der Waals surface area contributed by atoms with Gasteiger partial charge in [0.2, 0.25) is 0 Å². The molecule has 0 aliphatic heterocycles. The molecule has 1 aromatic rings. The van der Waals surface area contributed by atoms with Gasteiger partial charge in [-0.25, -0.2) is 0 Å². The van der Waals surface area contributed by atoms with Crippen LogP contribution in [0.3, 0.4) is 0 Å². The van der Waals surface area contributed by atoms with Crippen molar-refractivity contribution in [3.8, 4) is 5.75 Å². The van der Waals surface area contributed by atoms with Gasteiger partial charge in [-0.15, -0.1) is 13.2 Å². The molecule has 0 aromatic carbocycles. The Hall–Kier alpha value is -1.01. The summed E-state index contributed by atoms with van der Waals surface area (Å²) in [5, 5.41) is -0.217. The van der Waals surface area contributed by atoms with Crippen molar-refractivity contribution in [1.29, 1.82) is 0 Å². The largest absolute Gasteiger partial charge is 0.573 e. The monoisotopic (exact) mass is 226 g/mol. The minimum atomic E-state index is -4.78. The number of nitrogens with zero attached hydrogens (tertiary/aromatic N) is 1. The van der Waals surface area contributed by atoms with E-state index in [1.807, 2.05) is 0 Å². The molecule has 1 rings (SSSR count). The summed E-state index contributed by atoms with van der Waals surface area (Å²) < 4.78 is 39.4. The Morgan fingerprint density at radius 1 is 1.43 bits per heavy atom. The van der Waals surface area contributed by atoms with Crippen LogP contribution in [-0.2, 0) is 6.54 Å². The molecule has 0 radical (unpaired) electrons. The van der Waals surface area contributed by atoms with Gasteiger partial charge >= 0.3 is 6.36 Å². The molecule has 14 heavy (non-hydrogen) atoms. The molecule has 0 spiro atoms. The lowest BCUT2D eigenvalue weighted by Gasteiger charge is -2.12. The molecule has 0 aliphatic carbocycles. The van der Waals surface area contributed by atoms with Crippen molar-refractivity contribution in [2.24, 2.45) is 5.73 Å². The van der Waals surface area contributed by atoms with Crippen molar-refractivity contribution < 1.29 is 17.9 Å². The first kappa shape index (κ1) is 11.1. The van der Waals surface area contributed by atoms with Gasteiger partial charge in [-0.2, -0.15) is 0 Å². The number of halogens is 4. The third-order valence-corrected chi connectivity index (χ3v) is 1.63. The lowest BCUT2D eigenvalue weighted by atomic mass is 10.2. The average Bonchev–Trinajstić information content (AvgIpc) is 2.06. The summed E-state index contributed by atoms with van der Waals surface area (Å²) >= 11 is 5.47. The maximum absolute atomic E-state index is 11.9. The van der Waals surface area contributed by atoms with Crippen molar-refractivity contribution >= 4 is 11.6 Å². The smallest absolute Gasteiger partial charge is 0.404 e. The maximum Gasteiger partial charge on any atom is 0.573 e. The Labute approximate surface area is 82.6 Å². The number of nitrogens with two attached hydrogens (primary N) is 1. The molecule has 1 aromatic heterocycles. The molecule has 0 fully saturated rings. The molecule has 0 saturated carbocycles. The van der Waals surface area contributed by atoms with E-state index in [-0.39, 0.29) is 17.1 Å². The first-order valence-electron chi connectivity index (χ1n) is 3.52. The van der Waals surface area contributed by atoms with Crippen molar-refractivity contribution in [1.82, 2.24) is 4.98 Å². The lowest BCUT2D eigenvalue weighted by Crippen LogP contribution is -2.19. The zero-order chi connectivity index (χ0) is 10.8. The minimum Gasteiger partial charge on any atom is -0.404 e. The number of hydrogen-bond acceptors (Lipinski definition) is 3. The van der Waals surface area contributed by atoms with Gasteiger partial charge < -0.3 is 10.5 Å². The van der Waals surface area contributed by atoms with Crippen LogP contribution in [0.5, 0.6) is 5.75 Å². The highest BCUT2D eigenvalue weighted by Crippen LogP contribution is 2.32. The van der Waals surface area contributed by atoms with Gasteiger partial charge in [0.1, 0.15) is 5.02 Å².